The van der Waals surface area contributed by atoms with Crippen LogP contribution in [0.4, 0.5) is 0 Å². The van der Waals surface area contributed by atoms with Gasteiger partial charge in [0.15, 0.2) is 9.84 Å². The summed E-state index contributed by atoms with van der Waals surface area (Å²) >= 11 is 0. The quantitative estimate of drug-likeness (QED) is 0.888. The topological polar surface area (TPSA) is 89.3 Å². The average Bonchev–Trinajstić information content (AvgIpc) is 2.55. The van der Waals surface area contributed by atoms with Crippen LogP contribution in [0.5, 0.6) is 0 Å². The molecule has 7 heteroatoms. The summed E-state index contributed by atoms with van der Waals surface area (Å²) in [5, 5.41) is 12.9. The zero-order chi connectivity index (χ0) is 14.1. The standard InChI is InChI=1S/C11H18N2O4S/c1-8-9(10(14)15)7-13(12-8)5-6-18(16,17)11(2,3)4/h7H,5-6H2,1-4H3,(H,14,15). The molecule has 0 aliphatic carbocycles. The first kappa shape index (κ1) is 14.7. The SMILES string of the molecule is Cc1nn(CCS(=O)(=O)C(C)(C)C)cc1C(=O)O. The fourth-order valence-electron chi connectivity index (χ4n) is 1.36. The Kier molecular flexibility index (Phi) is 3.85. The maximum absolute atomic E-state index is 11.9. The molecule has 0 atom stereocenters. The lowest BCUT2D eigenvalue weighted by Crippen LogP contribution is -2.32. The number of hydrogen-bond donors (Lipinski definition) is 1. The summed E-state index contributed by atoms with van der Waals surface area (Å²) in [6.07, 6.45) is 1.36. The Hall–Kier alpha value is -1.37. The smallest absolute Gasteiger partial charge is 0.339 e. The molecule has 1 N–H and O–H groups in total. The molecule has 0 aliphatic rings. The van der Waals surface area contributed by atoms with E-state index >= 15 is 0 Å². The van der Waals surface area contributed by atoms with Gasteiger partial charge in [-0.05, 0) is 27.7 Å². The summed E-state index contributed by atoms with van der Waals surface area (Å²) in [7, 11) is -3.23. The second-order valence-electron chi connectivity index (χ2n) is 5.13. The van der Waals surface area contributed by atoms with Gasteiger partial charge in [0.1, 0.15) is 5.56 Å². The molecule has 0 amide bonds. The Morgan fingerprint density at radius 2 is 2.00 bits per heavy atom. The fourth-order valence-corrected chi connectivity index (χ4v) is 2.40. The van der Waals surface area contributed by atoms with Gasteiger partial charge in [0.05, 0.1) is 22.7 Å². The lowest BCUT2D eigenvalue weighted by Gasteiger charge is -2.18. The maximum Gasteiger partial charge on any atom is 0.339 e. The maximum atomic E-state index is 11.9. The van der Waals surface area contributed by atoms with Gasteiger partial charge < -0.3 is 5.11 Å². The molecule has 1 heterocycles. The van der Waals surface area contributed by atoms with Crippen LogP contribution in [-0.4, -0.2) is 39.8 Å². The van der Waals surface area contributed by atoms with Crippen molar-refractivity contribution in [2.45, 2.75) is 39.0 Å². The highest BCUT2D eigenvalue weighted by Gasteiger charge is 2.28. The Labute approximate surface area is 107 Å². The highest BCUT2D eigenvalue weighted by Crippen LogP contribution is 2.16. The zero-order valence-corrected chi connectivity index (χ0v) is 11.8. The van der Waals surface area contributed by atoms with Crippen molar-refractivity contribution in [2.75, 3.05) is 5.75 Å². The van der Waals surface area contributed by atoms with E-state index in [0.29, 0.717) is 5.69 Å². The van der Waals surface area contributed by atoms with Gasteiger partial charge in [-0.2, -0.15) is 5.10 Å². The molecule has 0 aliphatic heterocycles. The lowest BCUT2D eigenvalue weighted by molar-refractivity contribution is 0.0696. The molecule has 0 bridgehead atoms. The Bertz CT molecular complexity index is 552. The molecule has 0 fully saturated rings. The van der Waals surface area contributed by atoms with Crippen molar-refractivity contribution < 1.29 is 18.3 Å². The molecule has 1 rings (SSSR count). The number of aromatic carboxylic acids is 1. The molecule has 102 valence electrons. The minimum atomic E-state index is -3.23. The first-order chi connectivity index (χ1) is 8.04. The van der Waals surface area contributed by atoms with Gasteiger partial charge in [-0.15, -0.1) is 0 Å². The molecule has 18 heavy (non-hydrogen) atoms. The molecule has 0 spiro atoms. The van der Waals surface area contributed by atoms with Crippen LogP contribution in [0.2, 0.25) is 0 Å². The number of carboxylic acids is 1. The van der Waals surface area contributed by atoms with Crippen LogP contribution >= 0.6 is 0 Å². The lowest BCUT2D eigenvalue weighted by atomic mass is 10.3. The van der Waals surface area contributed by atoms with E-state index in [1.807, 2.05) is 0 Å². The molecule has 0 radical (unpaired) electrons. The number of carboxylic acid groups (broad SMARTS) is 1. The van der Waals surface area contributed by atoms with E-state index in [4.69, 9.17) is 5.11 Å². The van der Waals surface area contributed by atoms with Crippen LogP contribution in [-0.2, 0) is 16.4 Å². The predicted octanol–water partition coefficient (Wildman–Crippen LogP) is 1.10. The van der Waals surface area contributed by atoms with Crippen molar-refractivity contribution >= 4 is 15.8 Å². The van der Waals surface area contributed by atoms with E-state index in [-0.39, 0.29) is 17.9 Å². The van der Waals surface area contributed by atoms with Gasteiger partial charge in [0, 0.05) is 6.20 Å². The van der Waals surface area contributed by atoms with Gasteiger partial charge in [-0.1, -0.05) is 0 Å². The minimum Gasteiger partial charge on any atom is -0.478 e. The second kappa shape index (κ2) is 4.72. The summed E-state index contributed by atoms with van der Waals surface area (Å²) in [6, 6.07) is 0. The number of nitrogens with zero attached hydrogens (tertiary/aromatic N) is 2. The number of carbonyl (C=O) groups is 1. The van der Waals surface area contributed by atoms with Crippen molar-refractivity contribution in [3.63, 3.8) is 0 Å². The van der Waals surface area contributed by atoms with E-state index in [9.17, 15) is 13.2 Å². The monoisotopic (exact) mass is 274 g/mol. The van der Waals surface area contributed by atoms with Crippen LogP contribution in [0, 0.1) is 6.92 Å². The van der Waals surface area contributed by atoms with E-state index in [0.717, 1.165) is 0 Å². The molecule has 1 aromatic rings. The molecule has 1 aromatic heterocycles. The molecule has 0 unspecified atom stereocenters. The van der Waals surface area contributed by atoms with E-state index in [1.165, 1.54) is 10.9 Å². The van der Waals surface area contributed by atoms with Crippen molar-refractivity contribution in [1.29, 1.82) is 0 Å². The third-order valence-electron chi connectivity index (χ3n) is 2.70. The summed E-state index contributed by atoms with van der Waals surface area (Å²) in [5.74, 6) is -1.12. The van der Waals surface area contributed by atoms with E-state index in [1.54, 1.807) is 27.7 Å². The number of sulfone groups is 1. The van der Waals surface area contributed by atoms with Gasteiger partial charge in [0.2, 0.25) is 0 Å². The fraction of sp³-hybridized carbons (Fsp3) is 0.636. The highest BCUT2D eigenvalue weighted by atomic mass is 32.2. The van der Waals surface area contributed by atoms with Crippen LogP contribution in [0.1, 0.15) is 36.8 Å². The Balaban J connectivity index is 2.83. The van der Waals surface area contributed by atoms with Gasteiger partial charge in [-0.3, -0.25) is 4.68 Å². The van der Waals surface area contributed by atoms with Crippen LogP contribution < -0.4 is 0 Å². The normalized spacial score (nSPS) is 12.7. The van der Waals surface area contributed by atoms with Crippen LogP contribution in [0.25, 0.3) is 0 Å². The average molecular weight is 274 g/mol. The van der Waals surface area contributed by atoms with Crippen molar-refractivity contribution in [1.82, 2.24) is 9.78 Å². The highest BCUT2D eigenvalue weighted by molar-refractivity contribution is 7.92. The van der Waals surface area contributed by atoms with Gasteiger partial charge in [-0.25, -0.2) is 13.2 Å². The van der Waals surface area contributed by atoms with Crippen LogP contribution in [0.3, 0.4) is 0 Å². The molecule has 0 saturated heterocycles. The van der Waals surface area contributed by atoms with Gasteiger partial charge in [0.25, 0.3) is 0 Å². The summed E-state index contributed by atoms with van der Waals surface area (Å²) < 4.78 is 24.3. The summed E-state index contributed by atoms with van der Waals surface area (Å²) in [5.41, 5.74) is 0.485. The van der Waals surface area contributed by atoms with Crippen LogP contribution in [0.15, 0.2) is 6.20 Å². The van der Waals surface area contributed by atoms with E-state index in [2.05, 4.69) is 5.10 Å². The number of aromatic nitrogens is 2. The summed E-state index contributed by atoms with van der Waals surface area (Å²) in [4.78, 5) is 10.8. The first-order valence-electron chi connectivity index (χ1n) is 5.54. The second-order valence-corrected chi connectivity index (χ2v) is 7.99. The summed E-state index contributed by atoms with van der Waals surface area (Å²) in [6.45, 7) is 6.66. The van der Waals surface area contributed by atoms with Crippen molar-refractivity contribution in [3.05, 3.63) is 17.5 Å². The number of aryl methyl sites for hydroxylation is 2. The third-order valence-corrected chi connectivity index (χ3v) is 5.28. The largest absolute Gasteiger partial charge is 0.478 e. The molecular formula is C11H18N2O4S. The predicted molar refractivity (Wildman–Crippen MR) is 67.5 cm³/mol. The number of hydrogen-bond acceptors (Lipinski definition) is 4. The molecular weight excluding hydrogens is 256 g/mol. The molecule has 6 nitrogen and oxygen atoms in total. The molecule has 0 aromatic carbocycles. The Morgan fingerprint density at radius 3 is 2.39 bits per heavy atom. The number of rotatable bonds is 4. The van der Waals surface area contributed by atoms with Crippen molar-refractivity contribution in [2.24, 2.45) is 0 Å². The van der Waals surface area contributed by atoms with Gasteiger partial charge >= 0.3 is 5.97 Å². The third kappa shape index (κ3) is 3.10. The molecule has 0 saturated carbocycles. The first-order valence-corrected chi connectivity index (χ1v) is 7.19. The van der Waals surface area contributed by atoms with E-state index < -0.39 is 20.6 Å². The van der Waals surface area contributed by atoms with Crippen molar-refractivity contribution in [3.8, 4) is 0 Å². The minimum absolute atomic E-state index is 0.0589. The zero-order valence-electron chi connectivity index (χ0n) is 11.0. The Morgan fingerprint density at radius 1 is 1.44 bits per heavy atom.